The van der Waals surface area contributed by atoms with Gasteiger partial charge in [-0.25, -0.2) is 9.97 Å². The van der Waals surface area contributed by atoms with Gasteiger partial charge in [-0.05, 0) is 31.7 Å². The van der Waals surface area contributed by atoms with E-state index < -0.39 is 11.9 Å². The van der Waals surface area contributed by atoms with Crippen molar-refractivity contribution in [1.82, 2.24) is 25.5 Å². The number of nitrogens with one attached hydrogen (secondary N) is 3. The number of alkyl halides is 3. The summed E-state index contributed by atoms with van der Waals surface area (Å²) in [5.74, 6) is 0.669. The Kier molecular flexibility index (Phi) is 8.12. The second kappa shape index (κ2) is 10.8. The van der Waals surface area contributed by atoms with Crippen LogP contribution in [0.4, 0.5) is 19.1 Å². The van der Waals surface area contributed by atoms with E-state index in [0.717, 1.165) is 44.2 Å². The van der Waals surface area contributed by atoms with Crippen molar-refractivity contribution < 1.29 is 13.2 Å². The van der Waals surface area contributed by atoms with Gasteiger partial charge < -0.3 is 20.9 Å². The molecule has 30 heavy (non-hydrogen) atoms. The molecule has 2 fully saturated rings. The molecule has 3 rings (SSSR count). The zero-order chi connectivity index (χ0) is 21.4. The number of hydrogen-bond acceptors (Lipinski definition) is 5. The lowest BCUT2D eigenvalue weighted by atomic mass is 9.92. The number of nitrogens with zero attached hydrogens (tertiary/aromatic N) is 4. The second-order valence-electron chi connectivity index (χ2n) is 7.94. The van der Waals surface area contributed by atoms with Crippen molar-refractivity contribution >= 4 is 11.9 Å². The molecular formula is C20H32F3N7. The molecule has 0 unspecified atom stereocenters. The molecule has 3 N–H and O–H groups in total. The summed E-state index contributed by atoms with van der Waals surface area (Å²) in [4.78, 5) is 14.2. The zero-order valence-corrected chi connectivity index (χ0v) is 17.5. The van der Waals surface area contributed by atoms with Gasteiger partial charge >= 0.3 is 6.18 Å². The van der Waals surface area contributed by atoms with Gasteiger partial charge in [0, 0.05) is 51.5 Å². The molecule has 10 heteroatoms. The molecule has 1 aromatic heterocycles. The highest BCUT2D eigenvalue weighted by molar-refractivity contribution is 5.80. The third-order valence-electron chi connectivity index (χ3n) is 5.83. The summed E-state index contributed by atoms with van der Waals surface area (Å²) in [5.41, 5.74) is -0.954. The SMILES string of the molecule is CN=C(NCCNc1nccc(C(F)(F)F)n1)NC1CCN(C2CCCCC2)CC1. The minimum Gasteiger partial charge on any atom is -0.355 e. The number of hydrogen-bond donors (Lipinski definition) is 3. The van der Waals surface area contributed by atoms with Crippen molar-refractivity contribution in [3.05, 3.63) is 18.0 Å². The van der Waals surface area contributed by atoms with E-state index in [1.807, 2.05) is 0 Å². The Bertz CT molecular complexity index is 681. The molecule has 2 aliphatic rings. The van der Waals surface area contributed by atoms with E-state index in [1.165, 1.54) is 32.1 Å². The zero-order valence-electron chi connectivity index (χ0n) is 17.5. The third kappa shape index (κ3) is 6.72. The van der Waals surface area contributed by atoms with Gasteiger partial charge in [0.15, 0.2) is 5.96 Å². The molecule has 1 aromatic rings. The Hall–Kier alpha value is -2.10. The molecule has 1 aliphatic carbocycles. The van der Waals surface area contributed by atoms with E-state index in [1.54, 1.807) is 7.05 Å². The average Bonchev–Trinajstić information content (AvgIpc) is 2.76. The van der Waals surface area contributed by atoms with E-state index >= 15 is 0 Å². The summed E-state index contributed by atoms with van der Waals surface area (Å²) >= 11 is 0. The number of guanidine groups is 1. The predicted octanol–water partition coefficient (Wildman–Crippen LogP) is 2.87. The lowest BCUT2D eigenvalue weighted by Gasteiger charge is -2.39. The van der Waals surface area contributed by atoms with Gasteiger partial charge in [-0.2, -0.15) is 13.2 Å². The van der Waals surface area contributed by atoms with Crippen molar-refractivity contribution in [1.29, 1.82) is 0 Å². The molecule has 0 bridgehead atoms. The first-order chi connectivity index (χ1) is 14.5. The van der Waals surface area contributed by atoms with Gasteiger partial charge in [-0.15, -0.1) is 0 Å². The quantitative estimate of drug-likeness (QED) is 0.368. The number of aliphatic imine (C=N–C) groups is 1. The highest BCUT2D eigenvalue weighted by Gasteiger charge is 2.32. The largest absolute Gasteiger partial charge is 0.433 e. The molecule has 1 saturated carbocycles. The van der Waals surface area contributed by atoms with Crippen LogP contribution in [-0.2, 0) is 6.18 Å². The van der Waals surface area contributed by atoms with Gasteiger partial charge in [-0.1, -0.05) is 19.3 Å². The summed E-state index contributed by atoms with van der Waals surface area (Å²) in [7, 11) is 1.72. The van der Waals surface area contributed by atoms with Crippen LogP contribution in [0.25, 0.3) is 0 Å². The molecular weight excluding hydrogens is 395 g/mol. The summed E-state index contributed by atoms with van der Waals surface area (Å²) in [6.45, 7) is 3.10. The van der Waals surface area contributed by atoms with Crippen molar-refractivity contribution in [2.75, 3.05) is 38.5 Å². The topological polar surface area (TPSA) is 77.5 Å². The van der Waals surface area contributed by atoms with E-state index in [9.17, 15) is 13.2 Å². The van der Waals surface area contributed by atoms with E-state index in [2.05, 4.69) is 35.8 Å². The monoisotopic (exact) mass is 427 g/mol. The molecule has 0 atom stereocenters. The Morgan fingerprint density at radius 3 is 2.53 bits per heavy atom. The van der Waals surface area contributed by atoms with Gasteiger partial charge in [-0.3, -0.25) is 4.99 Å². The highest BCUT2D eigenvalue weighted by Crippen LogP contribution is 2.27. The molecule has 0 radical (unpaired) electrons. The van der Waals surface area contributed by atoms with Crippen LogP contribution in [0, 0.1) is 0 Å². The lowest BCUT2D eigenvalue weighted by molar-refractivity contribution is -0.141. The fraction of sp³-hybridized carbons (Fsp3) is 0.750. The summed E-state index contributed by atoms with van der Waals surface area (Å²) in [5, 5.41) is 9.46. The number of rotatable bonds is 6. The first kappa shape index (κ1) is 22.6. The summed E-state index contributed by atoms with van der Waals surface area (Å²) < 4.78 is 38.1. The van der Waals surface area contributed by atoms with Crippen LogP contribution in [0.1, 0.15) is 50.6 Å². The first-order valence-electron chi connectivity index (χ1n) is 10.8. The van der Waals surface area contributed by atoms with Crippen LogP contribution in [0.15, 0.2) is 17.3 Å². The smallest absolute Gasteiger partial charge is 0.355 e. The normalized spacial score (nSPS) is 20.2. The van der Waals surface area contributed by atoms with Crippen LogP contribution < -0.4 is 16.0 Å². The van der Waals surface area contributed by atoms with E-state index in [-0.39, 0.29) is 5.95 Å². The average molecular weight is 428 g/mol. The van der Waals surface area contributed by atoms with Crippen LogP contribution in [0.5, 0.6) is 0 Å². The fourth-order valence-corrected chi connectivity index (χ4v) is 4.20. The van der Waals surface area contributed by atoms with E-state index in [0.29, 0.717) is 25.1 Å². The molecule has 168 valence electrons. The molecule has 1 saturated heterocycles. The van der Waals surface area contributed by atoms with Gasteiger partial charge in [0.2, 0.25) is 5.95 Å². The Labute approximate surface area is 175 Å². The van der Waals surface area contributed by atoms with Crippen molar-refractivity contribution in [3.63, 3.8) is 0 Å². The van der Waals surface area contributed by atoms with Crippen LogP contribution in [-0.4, -0.2) is 66.1 Å². The molecule has 1 aliphatic heterocycles. The molecule has 0 amide bonds. The summed E-state index contributed by atoms with van der Waals surface area (Å²) in [6, 6.07) is 2.01. The maximum Gasteiger partial charge on any atom is 0.433 e. The number of halogens is 3. The van der Waals surface area contributed by atoms with Crippen LogP contribution in [0.2, 0.25) is 0 Å². The Morgan fingerprint density at radius 2 is 1.87 bits per heavy atom. The third-order valence-corrected chi connectivity index (χ3v) is 5.83. The molecule has 2 heterocycles. The molecule has 7 nitrogen and oxygen atoms in total. The highest BCUT2D eigenvalue weighted by atomic mass is 19.4. The summed E-state index contributed by atoms with van der Waals surface area (Å²) in [6.07, 6.45) is 5.58. The minimum atomic E-state index is -4.48. The predicted molar refractivity (Wildman–Crippen MR) is 111 cm³/mol. The number of likely N-dealkylation sites (tertiary alicyclic amines) is 1. The Morgan fingerprint density at radius 1 is 1.13 bits per heavy atom. The van der Waals surface area contributed by atoms with Crippen molar-refractivity contribution in [3.8, 4) is 0 Å². The number of piperidine rings is 1. The minimum absolute atomic E-state index is 0.0374. The van der Waals surface area contributed by atoms with Gasteiger partial charge in [0.1, 0.15) is 5.69 Å². The van der Waals surface area contributed by atoms with Crippen molar-refractivity contribution in [2.24, 2.45) is 4.99 Å². The van der Waals surface area contributed by atoms with E-state index in [4.69, 9.17) is 0 Å². The maximum absolute atomic E-state index is 12.7. The fourth-order valence-electron chi connectivity index (χ4n) is 4.20. The lowest BCUT2D eigenvalue weighted by Crippen LogP contribution is -2.51. The van der Waals surface area contributed by atoms with Crippen LogP contribution in [0.3, 0.4) is 0 Å². The number of aromatic nitrogens is 2. The molecule has 0 aromatic carbocycles. The standard InChI is InChI=1S/C20H32F3N7/c1-24-18(26-11-12-27-19-25-10-7-17(29-19)20(21,22)23)28-15-8-13-30(14-9-15)16-5-3-2-4-6-16/h7,10,15-16H,2-6,8-9,11-14H2,1H3,(H2,24,26,28)(H,25,27,29). The molecule has 0 spiro atoms. The first-order valence-corrected chi connectivity index (χ1v) is 10.8. The maximum atomic E-state index is 12.7. The second-order valence-corrected chi connectivity index (χ2v) is 7.94. The van der Waals surface area contributed by atoms with Gasteiger partial charge in [0.05, 0.1) is 0 Å². The van der Waals surface area contributed by atoms with Gasteiger partial charge in [0.25, 0.3) is 0 Å². The van der Waals surface area contributed by atoms with Crippen LogP contribution >= 0.6 is 0 Å². The number of anilines is 1. The Balaban J connectivity index is 1.35. The van der Waals surface area contributed by atoms with Crippen molar-refractivity contribution in [2.45, 2.75) is 63.2 Å².